The Morgan fingerprint density at radius 3 is 2.80 bits per heavy atom. The average molecular weight is 422 g/mol. The van der Waals surface area contributed by atoms with Crippen LogP contribution < -0.4 is 4.74 Å². The fourth-order valence-electron chi connectivity index (χ4n) is 2.22. The molecule has 0 aliphatic heterocycles. The molecule has 0 aliphatic carbocycles. The highest BCUT2D eigenvalue weighted by Gasteiger charge is 2.16. The average Bonchev–Trinajstić information content (AvgIpc) is 2.95. The van der Waals surface area contributed by atoms with Gasteiger partial charge in [-0.15, -0.1) is 0 Å². The van der Waals surface area contributed by atoms with Crippen molar-refractivity contribution in [3.63, 3.8) is 0 Å². The van der Waals surface area contributed by atoms with Crippen molar-refractivity contribution in [1.82, 2.24) is 4.98 Å². The molecule has 7 heteroatoms. The van der Waals surface area contributed by atoms with E-state index in [4.69, 9.17) is 20.8 Å². The molecule has 0 spiro atoms. The fourth-order valence-corrected chi connectivity index (χ4v) is 2.99. The zero-order valence-corrected chi connectivity index (χ0v) is 15.8. The summed E-state index contributed by atoms with van der Waals surface area (Å²) in [5, 5.41) is 10.5. The van der Waals surface area contributed by atoms with Crippen molar-refractivity contribution < 1.29 is 14.3 Å². The van der Waals surface area contributed by atoms with E-state index < -0.39 is 0 Å². The van der Waals surface area contributed by atoms with E-state index in [9.17, 15) is 5.11 Å². The van der Waals surface area contributed by atoms with E-state index in [-0.39, 0.29) is 17.5 Å². The number of benzene rings is 2. The van der Waals surface area contributed by atoms with E-state index in [0.717, 1.165) is 15.7 Å². The molecule has 0 radical (unpaired) electrons. The van der Waals surface area contributed by atoms with Crippen LogP contribution in [0.3, 0.4) is 0 Å². The van der Waals surface area contributed by atoms with Gasteiger partial charge in [0.1, 0.15) is 5.75 Å². The second-order valence-corrected chi connectivity index (χ2v) is 6.56. The van der Waals surface area contributed by atoms with E-state index in [1.165, 1.54) is 13.3 Å². The minimum Gasteiger partial charge on any atom is -0.496 e. The van der Waals surface area contributed by atoms with Crippen molar-refractivity contribution in [2.24, 2.45) is 4.99 Å². The number of methoxy groups -OCH3 is 1. The fraction of sp³-hybridized carbons (Fsp3) is 0.111. The summed E-state index contributed by atoms with van der Waals surface area (Å²) in [7, 11) is 1.53. The van der Waals surface area contributed by atoms with Gasteiger partial charge in [-0.1, -0.05) is 17.7 Å². The number of hydrogen-bond donors (Lipinski definition) is 1. The van der Waals surface area contributed by atoms with Crippen LogP contribution >= 0.6 is 27.5 Å². The number of hydrogen-bond acceptors (Lipinski definition) is 5. The molecule has 25 heavy (non-hydrogen) atoms. The summed E-state index contributed by atoms with van der Waals surface area (Å²) in [6.45, 7) is 1.99. The van der Waals surface area contributed by atoms with Gasteiger partial charge < -0.3 is 14.3 Å². The molecule has 0 unspecified atom stereocenters. The molecule has 0 saturated heterocycles. The highest BCUT2D eigenvalue weighted by atomic mass is 79.9. The largest absolute Gasteiger partial charge is 0.496 e. The normalized spacial score (nSPS) is 11.2. The molecule has 3 aromatic rings. The molecular formula is C18H14BrClN2O3. The van der Waals surface area contributed by atoms with E-state index in [2.05, 4.69) is 25.9 Å². The number of aliphatic imine (C=N–C) groups is 1. The molecule has 0 atom stereocenters. The molecule has 0 bridgehead atoms. The third-order valence-electron chi connectivity index (χ3n) is 3.46. The van der Waals surface area contributed by atoms with Gasteiger partial charge in [0.25, 0.3) is 0 Å². The molecule has 5 nitrogen and oxygen atoms in total. The lowest BCUT2D eigenvalue weighted by atomic mass is 10.2. The van der Waals surface area contributed by atoms with Gasteiger partial charge in [0.15, 0.2) is 5.69 Å². The predicted octanol–water partition coefficient (Wildman–Crippen LogP) is 5.53. The van der Waals surface area contributed by atoms with Crippen molar-refractivity contribution in [3.05, 3.63) is 57.2 Å². The van der Waals surface area contributed by atoms with Gasteiger partial charge in [-0.3, -0.25) is 4.99 Å². The topological polar surface area (TPSA) is 67.9 Å². The van der Waals surface area contributed by atoms with Crippen LogP contribution in [0.1, 0.15) is 11.3 Å². The lowest BCUT2D eigenvalue weighted by Crippen LogP contribution is -1.89. The molecule has 1 aromatic heterocycles. The monoisotopic (exact) mass is 420 g/mol. The Hall–Kier alpha value is -2.31. The zero-order valence-electron chi connectivity index (χ0n) is 13.5. The maximum absolute atomic E-state index is 10.0. The molecule has 0 fully saturated rings. The predicted molar refractivity (Wildman–Crippen MR) is 101 cm³/mol. The Labute approximate surface area is 158 Å². The quantitative estimate of drug-likeness (QED) is 0.562. The number of aromatic hydroxyl groups is 1. The van der Waals surface area contributed by atoms with Crippen molar-refractivity contribution in [3.8, 4) is 23.1 Å². The van der Waals surface area contributed by atoms with Crippen LogP contribution in [0.15, 0.2) is 50.3 Å². The lowest BCUT2D eigenvalue weighted by molar-refractivity contribution is 0.336. The van der Waals surface area contributed by atoms with Crippen molar-refractivity contribution in [1.29, 1.82) is 0 Å². The molecule has 128 valence electrons. The lowest BCUT2D eigenvalue weighted by Gasteiger charge is -2.04. The summed E-state index contributed by atoms with van der Waals surface area (Å²) in [5.74, 6) is 0.403. The van der Waals surface area contributed by atoms with Crippen LogP contribution in [0, 0.1) is 6.92 Å². The smallest absolute Gasteiger partial charge is 0.312 e. The molecule has 0 amide bonds. The highest BCUT2D eigenvalue weighted by molar-refractivity contribution is 9.10. The second kappa shape index (κ2) is 7.29. The van der Waals surface area contributed by atoms with Gasteiger partial charge in [-0.2, -0.15) is 0 Å². The summed E-state index contributed by atoms with van der Waals surface area (Å²) in [4.78, 5) is 8.61. The number of ether oxygens (including phenoxy) is 1. The van der Waals surface area contributed by atoms with Crippen LogP contribution in [0.2, 0.25) is 5.02 Å². The number of nitrogens with zero attached hydrogens (tertiary/aromatic N) is 2. The first-order valence-corrected chi connectivity index (χ1v) is 8.49. The summed E-state index contributed by atoms with van der Waals surface area (Å²) in [6, 6.07) is 10.8. The van der Waals surface area contributed by atoms with Crippen LogP contribution in [-0.2, 0) is 0 Å². The van der Waals surface area contributed by atoms with Crippen molar-refractivity contribution in [2.45, 2.75) is 6.92 Å². The molecule has 1 heterocycles. The first kappa shape index (κ1) is 17.5. The number of aryl methyl sites for hydroxylation is 1. The van der Waals surface area contributed by atoms with E-state index in [0.29, 0.717) is 16.3 Å². The first-order valence-electron chi connectivity index (χ1n) is 7.32. The second-order valence-electron chi connectivity index (χ2n) is 5.27. The molecule has 1 N–H and O–H groups in total. The van der Waals surface area contributed by atoms with Crippen molar-refractivity contribution in [2.75, 3.05) is 7.11 Å². The van der Waals surface area contributed by atoms with E-state index >= 15 is 0 Å². The van der Waals surface area contributed by atoms with Crippen LogP contribution in [0.25, 0.3) is 11.5 Å². The van der Waals surface area contributed by atoms with Gasteiger partial charge in [0.05, 0.1) is 24.6 Å². The maximum atomic E-state index is 10.0. The third-order valence-corrected chi connectivity index (χ3v) is 4.33. The van der Waals surface area contributed by atoms with Crippen LogP contribution in [0.5, 0.6) is 11.7 Å². The zero-order chi connectivity index (χ0) is 18.0. The number of rotatable bonds is 4. The highest BCUT2D eigenvalue weighted by Crippen LogP contribution is 2.34. The Morgan fingerprint density at radius 1 is 1.28 bits per heavy atom. The molecule has 2 aromatic carbocycles. The van der Waals surface area contributed by atoms with Gasteiger partial charge in [0.2, 0.25) is 5.89 Å². The SMILES string of the molecule is COc1ccc(Cl)cc1-c1nc(C=Nc2ccc(C)cc2Br)c(O)o1. The number of halogens is 2. The summed E-state index contributed by atoms with van der Waals surface area (Å²) < 4.78 is 11.5. The third kappa shape index (κ3) is 3.86. The summed E-state index contributed by atoms with van der Waals surface area (Å²) >= 11 is 9.48. The molecule has 3 rings (SSSR count). The summed E-state index contributed by atoms with van der Waals surface area (Å²) in [5.41, 5.74) is 2.59. The van der Waals surface area contributed by atoms with Gasteiger partial charge in [-0.05, 0) is 58.7 Å². The van der Waals surface area contributed by atoms with E-state index in [1.54, 1.807) is 18.2 Å². The van der Waals surface area contributed by atoms with Gasteiger partial charge in [0, 0.05) is 9.50 Å². The Kier molecular flexibility index (Phi) is 5.11. The van der Waals surface area contributed by atoms with Gasteiger partial charge in [-0.25, -0.2) is 4.98 Å². The Morgan fingerprint density at radius 2 is 2.08 bits per heavy atom. The first-order chi connectivity index (χ1) is 12.0. The standard InChI is InChI=1S/C18H14BrClN2O3/c1-10-3-5-14(13(19)7-10)21-9-15-18(23)25-17(22-15)12-8-11(20)4-6-16(12)24-2/h3-9,23H,1-2H3. The molecular weight excluding hydrogens is 408 g/mol. The minimum absolute atomic E-state index is 0.196. The molecule has 0 saturated carbocycles. The summed E-state index contributed by atoms with van der Waals surface area (Å²) in [6.07, 6.45) is 1.44. The van der Waals surface area contributed by atoms with Gasteiger partial charge >= 0.3 is 5.95 Å². The van der Waals surface area contributed by atoms with Crippen molar-refractivity contribution >= 4 is 39.4 Å². The number of aromatic nitrogens is 1. The Balaban J connectivity index is 1.96. The Bertz CT molecular complexity index is 953. The molecule has 0 aliphatic rings. The van der Waals surface area contributed by atoms with Crippen LogP contribution in [-0.4, -0.2) is 23.4 Å². The maximum Gasteiger partial charge on any atom is 0.312 e. The van der Waals surface area contributed by atoms with Crippen LogP contribution in [0.4, 0.5) is 5.69 Å². The minimum atomic E-state index is -0.330. The van der Waals surface area contributed by atoms with E-state index in [1.807, 2.05) is 25.1 Å². The number of oxazole rings is 1.